The van der Waals surface area contributed by atoms with E-state index in [2.05, 4.69) is 12.6 Å². The van der Waals surface area contributed by atoms with Gasteiger partial charge in [-0.3, -0.25) is 0 Å². The van der Waals surface area contributed by atoms with E-state index in [-0.39, 0.29) is 11.9 Å². The average Bonchev–Trinajstić information content (AvgIpc) is 2.41. The lowest BCUT2D eigenvalue weighted by atomic mass is 9.47. The van der Waals surface area contributed by atoms with E-state index >= 15 is 0 Å². The van der Waals surface area contributed by atoms with Crippen LogP contribution < -0.4 is 0 Å². The van der Waals surface area contributed by atoms with Gasteiger partial charge in [-0.15, -0.1) is 0 Å². The monoisotopic (exact) mass is 259 g/mol. The Bertz CT molecular complexity index is 420. The third kappa shape index (κ3) is 1.73. The molecule has 1 unspecified atom stereocenters. The quantitative estimate of drug-likeness (QED) is 0.578. The SMILES string of the molecule is C=CC(=O)OC1(C(C)C#N)C2CC3CC(C2)CC1C3. The average molecular weight is 259 g/mol. The van der Waals surface area contributed by atoms with Crippen LogP contribution in [0.1, 0.15) is 39.0 Å². The van der Waals surface area contributed by atoms with Crippen molar-refractivity contribution in [2.75, 3.05) is 0 Å². The smallest absolute Gasteiger partial charge is 0.330 e. The van der Waals surface area contributed by atoms with Crippen molar-refractivity contribution in [2.45, 2.75) is 44.6 Å². The topological polar surface area (TPSA) is 50.1 Å². The molecule has 0 heterocycles. The van der Waals surface area contributed by atoms with Gasteiger partial charge >= 0.3 is 5.97 Å². The molecule has 4 bridgehead atoms. The molecule has 0 aromatic rings. The van der Waals surface area contributed by atoms with Gasteiger partial charge in [0.1, 0.15) is 5.60 Å². The third-order valence-electron chi connectivity index (χ3n) is 5.73. The highest BCUT2D eigenvalue weighted by atomic mass is 16.6. The fraction of sp³-hybridized carbons (Fsp3) is 0.750. The molecule has 0 aromatic carbocycles. The van der Waals surface area contributed by atoms with Gasteiger partial charge in [0.2, 0.25) is 0 Å². The summed E-state index contributed by atoms with van der Waals surface area (Å²) >= 11 is 0. The van der Waals surface area contributed by atoms with Gasteiger partial charge in [0.15, 0.2) is 0 Å². The van der Waals surface area contributed by atoms with E-state index in [4.69, 9.17) is 4.74 Å². The summed E-state index contributed by atoms with van der Waals surface area (Å²) in [7, 11) is 0. The van der Waals surface area contributed by atoms with Gasteiger partial charge in [-0.25, -0.2) is 4.79 Å². The number of nitrogens with zero attached hydrogens (tertiary/aromatic N) is 1. The molecule has 4 saturated carbocycles. The molecule has 0 aromatic heterocycles. The highest BCUT2D eigenvalue weighted by Gasteiger charge is 2.61. The zero-order valence-electron chi connectivity index (χ0n) is 11.5. The first kappa shape index (κ1) is 12.7. The molecule has 0 amide bonds. The van der Waals surface area contributed by atoms with Gasteiger partial charge in [0.25, 0.3) is 0 Å². The van der Waals surface area contributed by atoms with Crippen molar-refractivity contribution in [2.24, 2.45) is 29.6 Å². The molecule has 4 aliphatic carbocycles. The van der Waals surface area contributed by atoms with Crippen LogP contribution in [0.5, 0.6) is 0 Å². The van der Waals surface area contributed by atoms with Crippen LogP contribution in [0.4, 0.5) is 0 Å². The Morgan fingerprint density at radius 3 is 2.26 bits per heavy atom. The molecule has 3 heteroatoms. The lowest BCUT2D eigenvalue weighted by Crippen LogP contribution is -2.62. The van der Waals surface area contributed by atoms with Crippen molar-refractivity contribution in [3.05, 3.63) is 12.7 Å². The second-order valence-corrected chi connectivity index (χ2v) is 6.63. The Labute approximate surface area is 114 Å². The Morgan fingerprint density at radius 1 is 1.32 bits per heavy atom. The van der Waals surface area contributed by atoms with Gasteiger partial charge < -0.3 is 4.74 Å². The van der Waals surface area contributed by atoms with E-state index in [1.165, 1.54) is 12.5 Å². The largest absolute Gasteiger partial charge is 0.454 e. The summed E-state index contributed by atoms with van der Waals surface area (Å²) in [6, 6.07) is 2.35. The van der Waals surface area contributed by atoms with Crippen LogP contribution >= 0.6 is 0 Å². The zero-order chi connectivity index (χ0) is 13.6. The molecule has 0 saturated heterocycles. The molecular weight excluding hydrogens is 238 g/mol. The minimum absolute atomic E-state index is 0.230. The van der Waals surface area contributed by atoms with Gasteiger partial charge in [0.05, 0.1) is 12.0 Å². The van der Waals surface area contributed by atoms with E-state index in [9.17, 15) is 10.1 Å². The molecule has 0 spiro atoms. The molecule has 0 N–H and O–H groups in total. The first-order chi connectivity index (χ1) is 9.10. The number of hydrogen-bond acceptors (Lipinski definition) is 3. The molecular formula is C16H21NO2. The van der Waals surface area contributed by atoms with Crippen molar-refractivity contribution in [3.63, 3.8) is 0 Å². The molecule has 0 aliphatic heterocycles. The van der Waals surface area contributed by atoms with Crippen LogP contribution in [0, 0.1) is 40.9 Å². The second-order valence-electron chi connectivity index (χ2n) is 6.63. The highest BCUT2D eigenvalue weighted by Crippen LogP contribution is 2.61. The second kappa shape index (κ2) is 4.37. The van der Waals surface area contributed by atoms with E-state index < -0.39 is 5.60 Å². The van der Waals surface area contributed by atoms with Gasteiger partial charge in [0, 0.05) is 17.9 Å². The number of hydrogen-bond donors (Lipinski definition) is 0. The third-order valence-corrected chi connectivity index (χ3v) is 5.73. The minimum Gasteiger partial charge on any atom is -0.454 e. The molecule has 4 aliphatic rings. The maximum atomic E-state index is 11.8. The van der Waals surface area contributed by atoms with Crippen LogP contribution in [0.25, 0.3) is 0 Å². The summed E-state index contributed by atoms with van der Waals surface area (Å²) in [4.78, 5) is 11.8. The lowest BCUT2D eigenvalue weighted by molar-refractivity contribution is -0.216. The van der Waals surface area contributed by atoms with Crippen molar-refractivity contribution < 1.29 is 9.53 Å². The lowest BCUT2D eigenvalue weighted by Gasteiger charge is -2.61. The Hall–Kier alpha value is -1.30. The number of esters is 1. The normalized spacial score (nSPS) is 44.4. The number of ether oxygens (including phenoxy) is 1. The van der Waals surface area contributed by atoms with Crippen LogP contribution in [-0.4, -0.2) is 11.6 Å². The highest BCUT2D eigenvalue weighted by molar-refractivity contribution is 5.81. The van der Waals surface area contributed by atoms with Gasteiger partial charge in [-0.05, 0) is 50.9 Å². The molecule has 19 heavy (non-hydrogen) atoms. The first-order valence-corrected chi connectivity index (χ1v) is 7.35. The summed E-state index contributed by atoms with van der Waals surface area (Å²) in [5, 5.41) is 9.40. The fourth-order valence-electron chi connectivity index (χ4n) is 5.20. The molecule has 102 valence electrons. The molecule has 1 atom stereocenters. The van der Waals surface area contributed by atoms with Crippen LogP contribution in [-0.2, 0) is 9.53 Å². The Kier molecular flexibility index (Phi) is 2.92. The fourth-order valence-corrected chi connectivity index (χ4v) is 5.20. The summed E-state index contributed by atoms with van der Waals surface area (Å²) in [5.41, 5.74) is -0.548. The first-order valence-electron chi connectivity index (χ1n) is 7.35. The van der Waals surface area contributed by atoms with Gasteiger partial charge in [-0.1, -0.05) is 6.58 Å². The summed E-state index contributed by atoms with van der Waals surface area (Å²) in [5.74, 6) is 1.75. The van der Waals surface area contributed by atoms with Crippen molar-refractivity contribution in [1.82, 2.24) is 0 Å². The van der Waals surface area contributed by atoms with Crippen molar-refractivity contribution in [3.8, 4) is 6.07 Å². The number of carbonyl (C=O) groups excluding carboxylic acids is 1. The summed E-state index contributed by atoms with van der Waals surface area (Å²) < 4.78 is 5.84. The van der Waals surface area contributed by atoms with Gasteiger partial charge in [-0.2, -0.15) is 5.26 Å². The predicted molar refractivity (Wildman–Crippen MR) is 70.8 cm³/mol. The van der Waals surface area contributed by atoms with Crippen LogP contribution in [0.15, 0.2) is 12.7 Å². The Morgan fingerprint density at radius 2 is 1.84 bits per heavy atom. The minimum atomic E-state index is -0.548. The zero-order valence-corrected chi connectivity index (χ0v) is 11.5. The van der Waals surface area contributed by atoms with E-state index in [0.29, 0.717) is 11.8 Å². The van der Waals surface area contributed by atoms with E-state index in [1.54, 1.807) is 0 Å². The van der Waals surface area contributed by atoms with E-state index in [1.807, 2.05) is 6.92 Å². The molecule has 4 fully saturated rings. The van der Waals surface area contributed by atoms with E-state index in [0.717, 1.165) is 37.5 Å². The number of carbonyl (C=O) groups is 1. The molecule has 0 radical (unpaired) electrons. The number of nitriles is 1. The molecule has 3 nitrogen and oxygen atoms in total. The van der Waals surface area contributed by atoms with Crippen LogP contribution in [0.2, 0.25) is 0 Å². The maximum absolute atomic E-state index is 11.8. The number of rotatable bonds is 3. The summed E-state index contributed by atoms with van der Waals surface area (Å²) in [6.45, 7) is 5.42. The molecule has 4 rings (SSSR count). The maximum Gasteiger partial charge on any atom is 0.330 e. The van der Waals surface area contributed by atoms with Crippen molar-refractivity contribution in [1.29, 1.82) is 5.26 Å². The predicted octanol–water partition coefficient (Wildman–Crippen LogP) is 3.07. The summed E-state index contributed by atoms with van der Waals surface area (Å²) in [6.07, 6.45) is 7.09. The standard InChI is InChI=1S/C16H21NO2/c1-3-15(18)19-16(10(2)9-17)13-5-11-4-12(7-13)8-14(16)6-11/h3,10-14H,1,4-8H2,2H3. The van der Waals surface area contributed by atoms with Crippen molar-refractivity contribution >= 4 is 5.97 Å². The Balaban J connectivity index is 1.97. The van der Waals surface area contributed by atoms with Crippen LogP contribution in [0.3, 0.4) is 0 Å².